The van der Waals surface area contributed by atoms with Crippen LogP contribution in [-0.4, -0.2) is 30.6 Å². The molecule has 0 saturated heterocycles. The van der Waals surface area contributed by atoms with E-state index in [-0.39, 0.29) is 5.91 Å². The summed E-state index contributed by atoms with van der Waals surface area (Å²) in [7, 11) is 1.89. The van der Waals surface area contributed by atoms with Crippen LogP contribution in [0, 0.1) is 13.8 Å². The summed E-state index contributed by atoms with van der Waals surface area (Å²) in [6.07, 6.45) is 3.73. The SMILES string of the molecule is Cc1cnc(Nc2cc(C)n(C)n2)nc1-c1c[nH]c2c(N3Cc4ccc(N)cc4C3=O)cccc12. The molecular weight excluding hydrogens is 440 g/mol. The highest BCUT2D eigenvalue weighted by atomic mass is 16.2. The molecule has 4 N–H and O–H groups in total. The van der Waals surface area contributed by atoms with Gasteiger partial charge in [-0.05, 0) is 43.2 Å². The molecule has 3 aromatic heterocycles. The molecule has 1 aliphatic rings. The Balaban J connectivity index is 1.39. The number of rotatable bonds is 4. The Morgan fingerprint density at radius 2 is 1.97 bits per heavy atom. The van der Waals surface area contributed by atoms with Crippen molar-refractivity contribution < 1.29 is 4.79 Å². The van der Waals surface area contributed by atoms with Crippen molar-refractivity contribution in [1.82, 2.24) is 24.7 Å². The van der Waals surface area contributed by atoms with Crippen LogP contribution in [0.25, 0.3) is 22.2 Å². The van der Waals surface area contributed by atoms with Crippen molar-refractivity contribution in [1.29, 1.82) is 0 Å². The number of nitrogens with one attached hydrogen (secondary N) is 2. The van der Waals surface area contributed by atoms with Crippen LogP contribution < -0.4 is 16.0 Å². The third-order valence-corrected chi connectivity index (χ3v) is 6.50. The van der Waals surface area contributed by atoms with E-state index in [0.717, 1.165) is 44.7 Å². The number of carbonyl (C=O) groups is 1. The van der Waals surface area contributed by atoms with Gasteiger partial charge in [0.05, 0.1) is 23.4 Å². The molecule has 6 rings (SSSR count). The van der Waals surface area contributed by atoms with Crippen LogP contribution in [0.15, 0.2) is 54.9 Å². The second-order valence-corrected chi connectivity index (χ2v) is 8.85. The number of aryl methyl sites for hydroxylation is 3. The topological polar surface area (TPSA) is 118 Å². The predicted molar refractivity (Wildman–Crippen MR) is 137 cm³/mol. The molecule has 174 valence electrons. The number of nitrogens with zero attached hydrogens (tertiary/aromatic N) is 5. The molecule has 2 aromatic carbocycles. The molecule has 0 unspecified atom stereocenters. The lowest BCUT2D eigenvalue weighted by molar-refractivity contribution is 0.0997. The van der Waals surface area contributed by atoms with Crippen molar-refractivity contribution in [2.75, 3.05) is 16.0 Å². The number of para-hydroxylation sites is 1. The molecule has 0 atom stereocenters. The van der Waals surface area contributed by atoms with Crippen molar-refractivity contribution in [2.45, 2.75) is 20.4 Å². The summed E-state index contributed by atoms with van der Waals surface area (Å²) in [6, 6.07) is 13.4. The van der Waals surface area contributed by atoms with Crippen molar-refractivity contribution in [3.05, 3.63) is 77.2 Å². The molecule has 0 bridgehead atoms. The van der Waals surface area contributed by atoms with Gasteiger partial charge in [0.15, 0.2) is 5.82 Å². The van der Waals surface area contributed by atoms with E-state index < -0.39 is 0 Å². The van der Waals surface area contributed by atoms with E-state index in [1.165, 1.54) is 0 Å². The Labute approximate surface area is 201 Å². The number of nitrogen functional groups attached to an aromatic ring is 1. The Kier molecular flexibility index (Phi) is 4.60. The first-order valence-electron chi connectivity index (χ1n) is 11.3. The summed E-state index contributed by atoms with van der Waals surface area (Å²) >= 11 is 0. The normalized spacial score (nSPS) is 13.0. The summed E-state index contributed by atoms with van der Waals surface area (Å²) in [4.78, 5) is 27.6. The second kappa shape index (κ2) is 7.69. The van der Waals surface area contributed by atoms with Gasteiger partial charge in [0, 0.05) is 53.4 Å². The molecule has 9 heteroatoms. The van der Waals surface area contributed by atoms with Gasteiger partial charge >= 0.3 is 0 Å². The largest absolute Gasteiger partial charge is 0.399 e. The van der Waals surface area contributed by atoms with Crippen LogP contribution >= 0.6 is 0 Å². The highest BCUT2D eigenvalue weighted by Gasteiger charge is 2.30. The summed E-state index contributed by atoms with van der Waals surface area (Å²) in [6.45, 7) is 4.48. The highest BCUT2D eigenvalue weighted by Crippen LogP contribution is 2.38. The summed E-state index contributed by atoms with van der Waals surface area (Å²) < 4.78 is 1.80. The number of amides is 1. The Morgan fingerprint density at radius 3 is 2.77 bits per heavy atom. The number of hydrogen-bond acceptors (Lipinski definition) is 6. The zero-order valence-electron chi connectivity index (χ0n) is 19.6. The Hall–Kier alpha value is -4.66. The maximum atomic E-state index is 13.2. The van der Waals surface area contributed by atoms with Crippen LogP contribution in [0.3, 0.4) is 0 Å². The quantitative estimate of drug-likeness (QED) is 0.338. The lowest BCUT2D eigenvalue weighted by Gasteiger charge is -2.17. The van der Waals surface area contributed by atoms with Crippen molar-refractivity contribution in [3.8, 4) is 11.3 Å². The van der Waals surface area contributed by atoms with Crippen LogP contribution in [0.2, 0.25) is 0 Å². The summed E-state index contributed by atoms with van der Waals surface area (Å²) in [5.74, 6) is 1.11. The lowest BCUT2D eigenvalue weighted by atomic mass is 10.1. The Bertz CT molecular complexity index is 1610. The third-order valence-electron chi connectivity index (χ3n) is 6.50. The molecule has 4 heterocycles. The second-order valence-electron chi connectivity index (χ2n) is 8.85. The minimum Gasteiger partial charge on any atom is -0.399 e. The smallest absolute Gasteiger partial charge is 0.259 e. The molecule has 0 radical (unpaired) electrons. The molecular formula is C26H24N8O. The monoisotopic (exact) mass is 464 g/mol. The van der Waals surface area contributed by atoms with E-state index in [4.69, 9.17) is 10.7 Å². The van der Waals surface area contributed by atoms with E-state index in [0.29, 0.717) is 29.6 Å². The fourth-order valence-electron chi connectivity index (χ4n) is 4.58. The van der Waals surface area contributed by atoms with E-state index in [1.807, 2.05) is 63.5 Å². The minimum atomic E-state index is -0.0497. The number of aromatic nitrogens is 5. The molecule has 0 spiro atoms. The first kappa shape index (κ1) is 20.9. The van der Waals surface area contributed by atoms with Crippen LogP contribution in [0.5, 0.6) is 0 Å². The molecule has 1 amide bonds. The minimum absolute atomic E-state index is 0.0497. The van der Waals surface area contributed by atoms with E-state index in [2.05, 4.69) is 20.4 Å². The fourth-order valence-corrected chi connectivity index (χ4v) is 4.58. The van der Waals surface area contributed by atoms with Gasteiger partial charge in [-0.2, -0.15) is 5.10 Å². The van der Waals surface area contributed by atoms with Crippen molar-refractivity contribution >= 4 is 40.0 Å². The Morgan fingerprint density at radius 1 is 1.11 bits per heavy atom. The number of carbonyl (C=O) groups excluding carboxylic acids is 1. The first-order valence-corrected chi connectivity index (χ1v) is 11.3. The van der Waals surface area contributed by atoms with Crippen LogP contribution in [0.1, 0.15) is 27.2 Å². The van der Waals surface area contributed by atoms with Crippen molar-refractivity contribution in [2.24, 2.45) is 7.05 Å². The average molecular weight is 465 g/mol. The number of H-pyrrole nitrogens is 1. The van der Waals surface area contributed by atoms with Gasteiger partial charge in [-0.3, -0.25) is 9.48 Å². The third kappa shape index (κ3) is 3.40. The number of hydrogen-bond donors (Lipinski definition) is 3. The molecule has 1 aliphatic heterocycles. The maximum Gasteiger partial charge on any atom is 0.259 e. The molecule has 9 nitrogen and oxygen atoms in total. The molecule has 0 aliphatic carbocycles. The maximum absolute atomic E-state index is 13.2. The number of fused-ring (bicyclic) bond motifs is 2. The van der Waals surface area contributed by atoms with Crippen molar-refractivity contribution in [3.63, 3.8) is 0 Å². The number of benzene rings is 2. The summed E-state index contributed by atoms with van der Waals surface area (Å²) in [5.41, 5.74) is 13.6. The number of nitrogens with two attached hydrogens (primary N) is 1. The van der Waals surface area contributed by atoms with Gasteiger partial charge in [-0.15, -0.1) is 0 Å². The molecule has 5 aromatic rings. The van der Waals surface area contributed by atoms with Gasteiger partial charge in [-0.25, -0.2) is 9.97 Å². The average Bonchev–Trinajstić information content (AvgIpc) is 3.50. The van der Waals surface area contributed by atoms with Crippen LogP contribution in [-0.2, 0) is 13.6 Å². The zero-order valence-corrected chi connectivity index (χ0v) is 19.6. The molecule has 0 fully saturated rings. The van der Waals surface area contributed by atoms with Gasteiger partial charge in [0.1, 0.15) is 0 Å². The van der Waals surface area contributed by atoms with Crippen LogP contribution in [0.4, 0.5) is 23.1 Å². The van der Waals surface area contributed by atoms with E-state index >= 15 is 0 Å². The van der Waals surface area contributed by atoms with Gasteiger partial charge < -0.3 is 20.9 Å². The zero-order chi connectivity index (χ0) is 24.3. The first-order chi connectivity index (χ1) is 16.9. The van der Waals surface area contributed by atoms with E-state index in [9.17, 15) is 4.79 Å². The molecule has 0 saturated carbocycles. The number of anilines is 4. The predicted octanol–water partition coefficient (Wildman–Crippen LogP) is 4.46. The van der Waals surface area contributed by atoms with Gasteiger partial charge in [0.25, 0.3) is 5.91 Å². The van der Waals surface area contributed by atoms with E-state index in [1.54, 1.807) is 21.8 Å². The fraction of sp³-hybridized carbons (Fsp3) is 0.154. The standard InChI is InChI=1S/C26H24N8O/c1-14-11-29-26(30-22-9-15(2)33(3)32-22)31-23(14)20-12-28-24-18(20)5-4-6-21(24)34-13-16-7-8-17(27)10-19(16)25(34)35/h4-12,28H,13,27H2,1-3H3,(H,29,30,31,32). The summed E-state index contributed by atoms with van der Waals surface area (Å²) in [5, 5.41) is 8.60. The number of aromatic amines is 1. The van der Waals surface area contributed by atoms with Gasteiger partial charge in [-0.1, -0.05) is 18.2 Å². The molecule has 35 heavy (non-hydrogen) atoms. The highest BCUT2D eigenvalue weighted by molar-refractivity contribution is 6.14. The lowest BCUT2D eigenvalue weighted by Crippen LogP contribution is -2.23. The van der Waals surface area contributed by atoms with Gasteiger partial charge in [0.2, 0.25) is 5.95 Å².